The topological polar surface area (TPSA) is 63.9 Å². The van der Waals surface area contributed by atoms with E-state index < -0.39 is 0 Å². The highest BCUT2D eigenvalue weighted by Crippen LogP contribution is 2.25. The van der Waals surface area contributed by atoms with Crippen LogP contribution >= 0.6 is 11.6 Å². The van der Waals surface area contributed by atoms with Crippen LogP contribution in [0.15, 0.2) is 35.6 Å². The third-order valence-electron chi connectivity index (χ3n) is 4.45. The van der Waals surface area contributed by atoms with Crippen LogP contribution in [-0.4, -0.2) is 54.0 Å². The summed E-state index contributed by atoms with van der Waals surface area (Å²) >= 11 is 6.05. The van der Waals surface area contributed by atoms with Gasteiger partial charge in [0.15, 0.2) is 5.96 Å². The normalized spacial score (nSPS) is 17.9. The number of guanidine groups is 1. The van der Waals surface area contributed by atoms with Crippen molar-refractivity contribution in [3.8, 4) is 5.75 Å². The van der Waals surface area contributed by atoms with Gasteiger partial charge in [0.1, 0.15) is 11.9 Å². The maximum atomic E-state index is 6.05. The highest BCUT2D eigenvalue weighted by atomic mass is 35.5. The van der Waals surface area contributed by atoms with Gasteiger partial charge in [-0.15, -0.1) is 0 Å². The molecular formula is C19H26ClN5O2. The van der Waals surface area contributed by atoms with Gasteiger partial charge in [-0.05, 0) is 19.1 Å². The van der Waals surface area contributed by atoms with Crippen LogP contribution in [0.1, 0.15) is 24.2 Å². The number of rotatable bonds is 5. The third kappa shape index (κ3) is 4.93. The minimum atomic E-state index is -0.0126. The van der Waals surface area contributed by atoms with Gasteiger partial charge < -0.3 is 19.7 Å². The first-order valence-electron chi connectivity index (χ1n) is 9.06. The SMILES string of the molecule is CCNC(=NCc1ccc(Cl)cc1OC)N1CCOC(c2cnn(C)c2)C1. The number of aryl methyl sites for hydroxylation is 1. The molecule has 7 nitrogen and oxygen atoms in total. The molecule has 0 aliphatic carbocycles. The van der Waals surface area contributed by atoms with Crippen LogP contribution in [0.5, 0.6) is 5.75 Å². The lowest BCUT2D eigenvalue weighted by Crippen LogP contribution is -2.48. The number of hydrogen-bond acceptors (Lipinski definition) is 4. The Balaban J connectivity index is 1.75. The number of nitrogens with zero attached hydrogens (tertiary/aromatic N) is 4. The minimum Gasteiger partial charge on any atom is -0.496 e. The van der Waals surface area contributed by atoms with E-state index in [0.717, 1.165) is 42.5 Å². The molecule has 3 rings (SSSR count). The van der Waals surface area contributed by atoms with Crippen LogP contribution in [0.3, 0.4) is 0 Å². The molecule has 1 saturated heterocycles. The van der Waals surface area contributed by atoms with Crippen molar-refractivity contribution in [2.75, 3.05) is 33.4 Å². The molecule has 1 unspecified atom stereocenters. The molecule has 2 aromatic rings. The second kappa shape index (κ2) is 9.10. The van der Waals surface area contributed by atoms with E-state index in [1.54, 1.807) is 11.8 Å². The average molecular weight is 392 g/mol. The fraction of sp³-hybridized carbons (Fsp3) is 0.474. The Morgan fingerprint density at radius 2 is 2.33 bits per heavy atom. The molecule has 27 heavy (non-hydrogen) atoms. The highest BCUT2D eigenvalue weighted by Gasteiger charge is 2.25. The number of aromatic nitrogens is 2. The van der Waals surface area contributed by atoms with Crippen LogP contribution in [0.25, 0.3) is 0 Å². The first-order chi connectivity index (χ1) is 13.1. The molecule has 1 aliphatic rings. The molecule has 0 saturated carbocycles. The largest absolute Gasteiger partial charge is 0.496 e. The minimum absolute atomic E-state index is 0.0126. The van der Waals surface area contributed by atoms with E-state index >= 15 is 0 Å². The Kier molecular flexibility index (Phi) is 6.58. The van der Waals surface area contributed by atoms with Crippen LogP contribution in [0.2, 0.25) is 5.02 Å². The predicted octanol–water partition coefficient (Wildman–Crippen LogP) is 2.62. The summed E-state index contributed by atoms with van der Waals surface area (Å²) in [4.78, 5) is 7.04. The monoisotopic (exact) mass is 391 g/mol. The second-order valence-corrected chi connectivity index (χ2v) is 6.82. The zero-order chi connectivity index (χ0) is 19.2. The molecule has 0 radical (unpaired) electrons. The van der Waals surface area contributed by atoms with Crippen LogP contribution in [-0.2, 0) is 18.3 Å². The number of halogens is 1. The van der Waals surface area contributed by atoms with Crippen molar-refractivity contribution >= 4 is 17.6 Å². The molecular weight excluding hydrogens is 366 g/mol. The lowest BCUT2D eigenvalue weighted by molar-refractivity contribution is -0.00805. The maximum Gasteiger partial charge on any atom is 0.194 e. The molecule has 1 fully saturated rings. The van der Waals surface area contributed by atoms with Crippen molar-refractivity contribution in [2.24, 2.45) is 12.0 Å². The summed E-state index contributed by atoms with van der Waals surface area (Å²) in [7, 11) is 3.56. The smallest absolute Gasteiger partial charge is 0.194 e. The Morgan fingerprint density at radius 3 is 3.04 bits per heavy atom. The fourth-order valence-corrected chi connectivity index (χ4v) is 3.25. The van der Waals surface area contributed by atoms with Gasteiger partial charge in [0.2, 0.25) is 0 Å². The number of ether oxygens (including phenoxy) is 2. The molecule has 0 spiro atoms. The molecule has 0 amide bonds. The predicted molar refractivity (Wildman–Crippen MR) is 106 cm³/mol. The van der Waals surface area contributed by atoms with Crippen molar-refractivity contribution in [3.05, 3.63) is 46.7 Å². The van der Waals surface area contributed by atoms with Gasteiger partial charge in [0.25, 0.3) is 0 Å². The van der Waals surface area contributed by atoms with E-state index in [2.05, 4.69) is 22.2 Å². The quantitative estimate of drug-likeness (QED) is 0.627. The first kappa shape index (κ1) is 19.5. The zero-order valence-electron chi connectivity index (χ0n) is 16.0. The summed E-state index contributed by atoms with van der Waals surface area (Å²) in [5.41, 5.74) is 2.08. The maximum absolute atomic E-state index is 6.05. The fourth-order valence-electron chi connectivity index (χ4n) is 3.08. The molecule has 1 aliphatic heterocycles. The first-order valence-corrected chi connectivity index (χ1v) is 9.44. The lowest BCUT2D eigenvalue weighted by Gasteiger charge is -2.34. The Bertz CT molecular complexity index is 792. The standard InChI is InChI=1S/C19H26ClN5O2/c1-4-21-19(22-10-14-5-6-16(20)9-17(14)26-3)25-7-8-27-18(13-25)15-11-23-24(2)12-15/h5-6,9,11-12,18H,4,7-8,10,13H2,1-3H3,(H,21,22). The van der Waals surface area contributed by atoms with Gasteiger partial charge in [-0.1, -0.05) is 17.7 Å². The highest BCUT2D eigenvalue weighted by molar-refractivity contribution is 6.30. The van der Waals surface area contributed by atoms with Gasteiger partial charge in [-0.25, -0.2) is 4.99 Å². The summed E-state index contributed by atoms with van der Waals surface area (Å²) in [6.07, 6.45) is 3.84. The van der Waals surface area contributed by atoms with Crippen molar-refractivity contribution < 1.29 is 9.47 Å². The lowest BCUT2D eigenvalue weighted by atomic mass is 10.1. The Labute approximate surface area is 164 Å². The van der Waals surface area contributed by atoms with Gasteiger partial charge in [0.05, 0.1) is 33.0 Å². The molecule has 0 bridgehead atoms. The van der Waals surface area contributed by atoms with E-state index in [-0.39, 0.29) is 6.10 Å². The molecule has 1 aromatic carbocycles. The summed E-state index contributed by atoms with van der Waals surface area (Å²) in [5.74, 6) is 1.61. The zero-order valence-corrected chi connectivity index (χ0v) is 16.7. The van der Waals surface area contributed by atoms with Crippen molar-refractivity contribution in [1.29, 1.82) is 0 Å². The summed E-state index contributed by atoms with van der Waals surface area (Å²) in [6.45, 7) is 5.55. The Hall–Kier alpha value is -2.25. The van der Waals surface area contributed by atoms with Crippen LogP contribution in [0.4, 0.5) is 0 Å². The van der Waals surface area contributed by atoms with E-state index in [1.165, 1.54) is 0 Å². The van der Waals surface area contributed by atoms with Gasteiger partial charge in [0, 0.05) is 42.5 Å². The molecule has 146 valence electrons. The van der Waals surface area contributed by atoms with Gasteiger partial charge in [-0.2, -0.15) is 5.10 Å². The number of hydrogen-bond donors (Lipinski definition) is 1. The summed E-state index contributed by atoms with van der Waals surface area (Å²) in [5, 5.41) is 8.28. The molecule has 2 heterocycles. The van der Waals surface area contributed by atoms with E-state index in [9.17, 15) is 0 Å². The molecule has 1 N–H and O–H groups in total. The third-order valence-corrected chi connectivity index (χ3v) is 4.68. The Morgan fingerprint density at radius 1 is 1.48 bits per heavy atom. The number of aliphatic imine (C=N–C) groups is 1. The molecule has 8 heteroatoms. The average Bonchev–Trinajstić information content (AvgIpc) is 3.12. The van der Waals surface area contributed by atoms with Crippen LogP contribution in [0, 0.1) is 0 Å². The van der Waals surface area contributed by atoms with E-state index in [0.29, 0.717) is 18.2 Å². The number of nitrogens with one attached hydrogen (secondary N) is 1. The number of methoxy groups -OCH3 is 1. The molecule has 1 atom stereocenters. The van der Waals surface area contributed by atoms with Crippen molar-refractivity contribution in [2.45, 2.75) is 19.6 Å². The van der Waals surface area contributed by atoms with Gasteiger partial charge in [-0.3, -0.25) is 4.68 Å². The summed E-state index contributed by atoms with van der Waals surface area (Å²) in [6, 6.07) is 5.62. The van der Waals surface area contributed by atoms with Crippen molar-refractivity contribution in [3.63, 3.8) is 0 Å². The van der Waals surface area contributed by atoms with E-state index in [4.69, 9.17) is 26.1 Å². The second-order valence-electron chi connectivity index (χ2n) is 6.38. The van der Waals surface area contributed by atoms with Crippen molar-refractivity contribution in [1.82, 2.24) is 20.0 Å². The number of benzene rings is 1. The van der Waals surface area contributed by atoms with Gasteiger partial charge >= 0.3 is 0 Å². The summed E-state index contributed by atoms with van der Waals surface area (Å²) < 4.78 is 13.2. The van der Waals surface area contributed by atoms with E-state index in [1.807, 2.05) is 37.6 Å². The number of morpholine rings is 1. The van der Waals surface area contributed by atoms with Crippen LogP contribution < -0.4 is 10.1 Å². The molecule has 1 aromatic heterocycles.